The second-order valence-electron chi connectivity index (χ2n) is 3.26. The number of nitrogens with two attached hydrogens (primary N) is 1. The highest BCUT2D eigenvalue weighted by atomic mass is 14.8. The molecule has 1 heterocycles. The van der Waals surface area contributed by atoms with E-state index in [0.29, 0.717) is 6.04 Å². The van der Waals surface area contributed by atoms with Gasteiger partial charge in [0.05, 0.1) is 6.04 Å². The molecular formula is C11H12N2. The smallest absolute Gasteiger partial charge is 0.0661 e. The van der Waals surface area contributed by atoms with Crippen LogP contribution in [-0.2, 0) is 0 Å². The number of nitrogen functional groups attached to an aromatic ring is 1. The van der Waals surface area contributed by atoms with E-state index >= 15 is 0 Å². The fourth-order valence-corrected chi connectivity index (χ4v) is 1.39. The molecule has 13 heavy (non-hydrogen) atoms. The van der Waals surface area contributed by atoms with Crippen LogP contribution in [0, 0.1) is 0 Å². The van der Waals surface area contributed by atoms with Gasteiger partial charge in [-0.25, -0.2) is 0 Å². The number of hydrogen-bond acceptors (Lipinski definition) is 2. The van der Waals surface area contributed by atoms with Gasteiger partial charge < -0.3 is 5.73 Å². The Morgan fingerprint density at radius 2 is 1.92 bits per heavy atom. The average molecular weight is 172 g/mol. The van der Waals surface area contributed by atoms with Crippen LogP contribution >= 0.6 is 0 Å². The lowest BCUT2D eigenvalue weighted by Gasteiger charge is -1.99. The Kier molecular flexibility index (Phi) is 1.89. The number of nitrogens with zero attached hydrogens (tertiary/aromatic N) is 1. The average Bonchev–Trinajstić information content (AvgIpc) is 2.53. The predicted octanol–water partition coefficient (Wildman–Crippen LogP) is 2.13. The summed E-state index contributed by atoms with van der Waals surface area (Å²) in [6.07, 6.45) is 4.06. The molecule has 0 radical (unpaired) electrons. The van der Waals surface area contributed by atoms with Gasteiger partial charge in [0.1, 0.15) is 0 Å². The molecule has 0 saturated carbocycles. The van der Waals surface area contributed by atoms with Gasteiger partial charge in [0.2, 0.25) is 0 Å². The highest BCUT2D eigenvalue weighted by Gasteiger charge is 2.06. The first kappa shape index (κ1) is 8.05. The predicted molar refractivity (Wildman–Crippen MR) is 56.8 cm³/mol. The van der Waals surface area contributed by atoms with E-state index in [9.17, 15) is 0 Å². The molecule has 0 aliphatic carbocycles. The Morgan fingerprint density at radius 3 is 2.46 bits per heavy atom. The maximum Gasteiger partial charge on any atom is 0.0661 e. The van der Waals surface area contributed by atoms with E-state index in [1.54, 1.807) is 0 Å². The summed E-state index contributed by atoms with van der Waals surface area (Å²) in [7, 11) is 0. The third-order valence-electron chi connectivity index (χ3n) is 2.11. The number of rotatable bonds is 1. The molecule has 1 unspecified atom stereocenters. The third-order valence-corrected chi connectivity index (χ3v) is 2.11. The molecule has 1 aliphatic heterocycles. The van der Waals surface area contributed by atoms with Crippen LogP contribution in [0.5, 0.6) is 0 Å². The summed E-state index contributed by atoms with van der Waals surface area (Å²) in [4.78, 5) is 4.27. The van der Waals surface area contributed by atoms with Crippen molar-refractivity contribution in [2.75, 3.05) is 5.73 Å². The van der Waals surface area contributed by atoms with Gasteiger partial charge in [-0.15, -0.1) is 0 Å². The maximum atomic E-state index is 5.60. The largest absolute Gasteiger partial charge is 0.399 e. The van der Waals surface area contributed by atoms with Crippen molar-refractivity contribution in [2.45, 2.75) is 13.0 Å². The summed E-state index contributed by atoms with van der Waals surface area (Å²) in [5.41, 5.74) is 8.77. The Balaban J connectivity index is 2.32. The normalized spacial score (nSPS) is 20.4. The van der Waals surface area contributed by atoms with Crippen LogP contribution in [0.2, 0.25) is 0 Å². The lowest BCUT2D eigenvalue weighted by molar-refractivity contribution is 0.951. The number of benzene rings is 1. The summed E-state index contributed by atoms with van der Waals surface area (Å²) < 4.78 is 0. The van der Waals surface area contributed by atoms with E-state index in [2.05, 4.69) is 18.0 Å². The fourth-order valence-electron chi connectivity index (χ4n) is 1.39. The summed E-state index contributed by atoms with van der Waals surface area (Å²) in [6, 6.07) is 8.17. The molecule has 0 fully saturated rings. The SMILES string of the molecule is CC1C=C(c2ccc(N)cc2)C=N1. The Hall–Kier alpha value is -1.57. The minimum absolute atomic E-state index is 0.313. The van der Waals surface area contributed by atoms with Gasteiger partial charge >= 0.3 is 0 Å². The molecule has 0 amide bonds. The molecule has 2 nitrogen and oxygen atoms in total. The first-order valence-corrected chi connectivity index (χ1v) is 4.36. The molecule has 0 bridgehead atoms. The van der Waals surface area contributed by atoms with Crippen LogP contribution < -0.4 is 5.73 Å². The van der Waals surface area contributed by atoms with Gasteiger partial charge in [-0.3, -0.25) is 4.99 Å². The fraction of sp³-hybridized carbons (Fsp3) is 0.182. The lowest BCUT2D eigenvalue weighted by atomic mass is 10.1. The van der Waals surface area contributed by atoms with E-state index < -0.39 is 0 Å². The molecule has 0 spiro atoms. The van der Waals surface area contributed by atoms with Gasteiger partial charge in [0, 0.05) is 11.9 Å². The van der Waals surface area contributed by atoms with Crippen LogP contribution in [0.25, 0.3) is 5.57 Å². The molecule has 66 valence electrons. The zero-order valence-corrected chi connectivity index (χ0v) is 7.57. The van der Waals surface area contributed by atoms with Crippen molar-refractivity contribution in [1.29, 1.82) is 0 Å². The molecule has 0 saturated heterocycles. The second-order valence-corrected chi connectivity index (χ2v) is 3.26. The number of aliphatic imine (C=N–C) groups is 1. The Labute approximate surface area is 77.8 Å². The zero-order valence-electron chi connectivity index (χ0n) is 7.57. The lowest BCUT2D eigenvalue weighted by Crippen LogP contribution is -1.87. The third kappa shape index (κ3) is 1.61. The van der Waals surface area contributed by atoms with Crippen molar-refractivity contribution in [2.24, 2.45) is 4.99 Å². The molecule has 1 aromatic rings. The van der Waals surface area contributed by atoms with Gasteiger partial charge in [0.25, 0.3) is 0 Å². The Bertz CT molecular complexity index is 360. The highest BCUT2D eigenvalue weighted by Crippen LogP contribution is 2.19. The Morgan fingerprint density at radius 1 is 1.23 bits per heavy atom. The number of anilines is 1. The minimum Gasteiger partial charge on any atom is -0.399 e. The summed E-state index contributed by atoms with van der Waals surface area (Å²) in [6.45, 7) is 2.07. The summed E-state index contributed by atoms with van der Waals surface area (Å²) in [5.74, 6) is 0. The molecule has 2 N–H and O–H groups in total. The van der Waals surface area contributed by atoms with Crippen molar-refractivity contribution in [3.63, 3.8) is 0 Å². The van der Waals surface area contributed by atoms with Crippen molar-refractivity contribution in [3.8, 4) is 0 Å². The maximum absolute atomic E-state index is 5.60. The summed E-state index contributed by atoms with van der Waals surface area (Å²) >= 11 is 0. The zero-order chi connectivity index (χ0) is 9.26. The van der Waals surface area contributed by atoms with Gasteiger partial charge in [0.15, 0.2) is 0 Å². The van der Waals surface area contributed by atoms with E-state index in [-0.39, 0.29) is 0 Å². The van der Waals surface area contributed by atoms with Crippen LogP contribution in [0.3, 0.4) is 0 Å². The molecule has 2 rings (SSSR count). The van der Waals surface area contributed by atoms with Crippen LogP contribution in [0.1, 0.15) is 12.5 Å². The van der Waals surface area contributed by atoms with Crippen molar-refractivity contribution in [1.82, 2.24) is 0 Å². The number of hydrogen-bond donors (Lipinski definition) is 1. The van der Waals surface area contributed by atoms with Crippen LogP contribution in [-0.4, -0.2) is 12.3 Å². The minimum atomic E-state index is 0.313. The number of allylic oxidation sites excluding steroid dienone is 1. The molecule has 1 aromatic carbocycles. The molecule has 0 aromatic heterocycles. The first-order valence-electron chi connectivity index (χ1n) is 4.36. The van der Waals surface area contributed by atoms with E-state index in [1.165, 1.54) is 11.1 Å². The molecule has 1 aliphatic rings. The summed E-state index contributed by atoms with van der Waals surface area (Å²) in [5, 5.41) is 0. The van der Waals surface area contributed by atoms with Crippen molar-refractivity contribution in [3.05, 3.63) is 35.9 Å². The van der Waals surface area contributed by atoms with Crippen LogP contribution in [0.15, 0.2) is 35.3 Å². The second kappa shape index (κ2) is 3.05. The standard InChI is InChI=1S/C11H12N2/c1-8-6-10(7-13-8)9-2-4-11(12)5-3-9/h2-8H,12H2,1H3. The van der Waals surface area contributed by atoms with Crippen molar-refractivity contribution < 1.29 is 0 Å². The van der Waals surface area contributed by atoms with E-state index in [1.807, 2.05) is 30.5 Å². The molecule has 2 heteroatoms. The van der Waals surface area contributed by atoms with Gasteiger partial charge in [-0.1, -0.05) is 18.2 Å². The highest BCUT2D eigenvalue weighted by molar-refractivity contribution is 6.11. The van der Waals surface area contributed by atoms with E-state index in [4.69, 9.17) is 5.73 Å². The first-order chi connectivity index (χ1) is 6.25. The van der Waals surface area contributed by atoms with Gasteiger partial charge in [-0.2, -0.15) is 0 Å². The monoisotopic (exact) mass is 172 g/mol. The topological polar surface area (TPSA) is 38.4 Å². The van der Waals surface area contributed by atoms with Crippen molar-refractivity contribution >= 4 is 17.5 Å². The molecular weight excluding hydrogens is 160 g/mol. The van der Waals surface area contributed by atoms with Gasteiger partial charge in [-0.05, 0) is 30.2 Å². The quantitative estimate of drug-likeness (QED) is 0.647. The van der Waals surface area contributed by atoms with Crippen LogP contribution in [0.4, 0.5) is 5.69 Å². The molecule has 1 atom stereocenters. The van der Waals surface area contributed by atoms with E-state index in [0.717, 1.165) is 5.69 Å².